The number of carbonyl (C=O) groups is 2. The molecule has 1 aromatic heterocycles. The van der Waals surface area contributed by atoms with Crippen molar-refractivity contribution in [3.05, 3.63) is 65.7 Å². The lowest BCUT2D eigenvalue weighted by Gasteiger charge is -2.38. The monoisotopic (exact) mass is 410 g/mol. The third kappa shape index (κ3) is 4.64. The number of benzene rings is 1. The molecule has 2 aliphatic heterocycles. The fraction of sp³-hybridized carbons (Fsp3) is 0.364. The van der Waals surface area contributed by atoms with E-state index in [0.29, 0.717) is 31.8 Å². The number of aromatic nitrogens is 1. The van der Waals surface area contributed by atoms with Gasteiger partial charge in [0.15, 0.2) is 5.60 Å². The smallest absolute Gasteiger partial charge is 0.269 e. The van der Waals surface area contributed by atoms with Crippen LogP contribution in [0.25, 0.3) is 0 Å². The molecule has 0 radical (unpaired) electrons. The molecule has 3 heterocycles. The van der Waals surface area contributed by atoms with Gasteiger partial charge in [0.05, 0.1) is 13.0 Å². The number of carbonyl (C=O) groups excluding carboxylic acids is 2. The first-order chi connectivity index (χ1) is 14.5. The van der Waals surface area contributed by atoms with Crippen LogP contribution in [0.15, 0.2) is 53.9 Å². The van der Waals surface area contributed by atoms with E-state index in [1.807, 2.05) is 12.1 Å². The molecule has 156 valence electrons. The van der Waals surface area contributed by atoms with Crippen molar-refractivity contribution in [2.24, 2.45) is 5.16 Å². The van der Waals surface area contributed by atoms with Gasteiger partial charge < -0.3 is 15.1 Å². The van der Waals surface area contributed by atoms with Crippen LogP contribution in [0, 0.1) is 5.82 Å². The molecule has 0 bridgehead atoms. The quantitative estimate of drug-likeness (QED) is 0.819. The molecule has 7 nitrogen and oxygen atoms in total. The molecule has 1 fully saturated rings. The van der Waals surface area contributed by atoms with Crippen LogP contribution in [0.2, 0.25) is 0 Å². The lowest BCUT2D eigenvalue weighted by atomic mass is 9.87. The molecule has 2 amide bonds. The highest BCUT2D eigenvalue weighted by molar-refractivity contribution is 6.39. The van der Waals surface area contributed by atoms with Crippen LogP contribution in [-0.4, -0.2) is 46.1 Å². The second-order valence-electron chi connectivity index (χ2n) is 7.76. The number of pyridine rings is 1. The van der Waals surface area contributed by atoms with Crippen molar-refractivity contribution in [2.45, 2.75) is 37.8 Å². The summed E-state index contributed by atoms with van der Waals surface area (Å²) in [7, 11) is 0. The summed E-state index contributed by atoms with van der Waals surface area (Å²) >= 11 is 0. The van der Waals surface area contributed by atoms with E-state index in [2.05, 4.69) is 15.5 Å². The maximum absolute atomic E-state index is 13.1. The van der Waals surface area contributed by atoms with Gasteiger partial charge in [0, 0.05) is 31.9 Å². The Labute approximate surface area is 173 Å². The van der Waals surface area contributed by atoms with E-state index >= 15 is 0 Å². The van der Waals surface area contributed by atoms with E-state index in [4.69, 9.17) is 4.84 Å². The predicted octanol–water partition coefficient (Wildman–Crippen LogP) is 2.22. The highest BCUT2D eigenvalue weighted by Crippen LogP contribution is 2.33. The van der Waals surface area contributed by atoms with Crippen LogP contribution in [0.4, 0.5) is 4.39 Å². The molecule has 1 saturated heterocycles. The second kappa shape index (κ2) is 8.61. The van der Waals surface area contributed by atoms with E-state index in [-0.39, 0.29) is 24.1 Å². The maximum atomic E-state index is 13.1. The summed E-state index contributed by atoms with van der Waals surface area (Å²) in [4.78, 5) is 36.7. The number of hydrogen-bond donors (Lipinski definition) is 1. The van der Waals surface area contributed by atoms with Crippen molar-refractivity contribution in [3.8, 4) is 0 Å². The van der Waals surface area contributed by atoms with Gasteiger partial charge in [0.25, 0.3) is 5.91 Å². The average Bonchev–Trinajstić information content (AvgIpc) is 3.17. The lowest BCUT2D eigenvalue weighted by molar-refractivity contribution is -0.139. The van der Waals surface area contributed by atoms with Crippen molar-refractivity contribution < 1.29 is 18.8 Å². The Morgan fingerprint density at radius 1 is 1.20 bits per heavy atom. The number of oxime groups is 1. The Morgan fingerprint density at radius 2 is 2.03 bits per heavy atom. The molecule has 1 aromatic carbocycles. The van der Waals surface area contributed by atoms with Gasteiger partial charge in [-0.05, 0) is 42.2 Å². The number of nitrogens with one attached hydrogen (secondary N) is 1. The van der Waals surface area contributed by atoms with Crippen LogP contribution >= 0.6 is 0 Å². The molecular formula is C22H23FN4O3. The fourth-order valence-corrected chi connectivity index (χ4v) is 3.85. The third-order valence-electron chi connectivity index (χ3n) is 5.44. The first-order valence-electron chi connectivity index (χ1n) is 9.97. The SMILES string of the molecule is O=C(NCc1cccnc1)C1=NO[C@@]2(CCCN(C(=O)Cc3ccc(F)cc3)C2)C1. The van der Waals surface area contributed by atoms with Gasteiger partial charge in [-0.3, -0.25) is 14.6 Å². The summed E-state index contributed by atoms with van der Waals surface area (Å²) in [5.41, 5.74) is 1.35. The van der Waals surface area contributed by atoms with Gasteiger partial charge in [0.2, 0.25) is 5.91 Å². The molecule has 30 heavy (non-hydrogen) atoms. The van der Waals surface area contributed by atoms with Crippen LogP contribution in [-0.2, 0) is 27.4 Å². The Balaban J connectivity index is 1.32. The molecule has 2 aromatic rings. The average molecular weight is 410 g/mol. The Hall–Kier alpha value is -3.29. The Kier molecular flexibility index (Phi) is 5.74. The number of likely N-dealkylation sites (tertiary alicyclic amines) is 1. The van der Waals surface area contributed by atoms with Gasteiger partial charge in [-0.25, -0.2) is 4.39 Å². The maximum Gasteiger partial charge on any atom is 0.269 e. The Morgan fingerprint density at radius 3 is 2.80 bits per heavy atom. The molecule has 0 unspecified atom stereocenters. The van der Waals surface area contributed by atoms with Crippen molar-refractivity contribution in [1.29, 1.82) is 0 Å². The topological polar surface area (TPSA) is 83.9 Å². The van der Waals surface area contributed by atoms with E-state index < -0.39 is 5.60 Å². The lowest BCUT2D eigenvalue weighted by Crippen LogP contribution is -2.51. The van der Waals surface area contributed by atoms with Gasteiger partial charge in [-0.2, -0.15) is 0 Å². The van der Waals surface area contributed by atoms with E-state index in [1.54, 1.807) is 29.4 Å². The van der Waals surface area contributed by atoms with E-state index in [1.165, 1.54) is 12.1 Å². The summed E-state index contributed by atoms with van der Waals surface area (Å²) in [6.07, 6.45) is 5.45. The largest absolute Gasteiger partial charge is 0.386 e. The number of rotatable bonds is 5. The normalized spacial score (nSPS) is 20.6. The fourth-order valence-electron chi connectivity index (χ4n) is 3.85. The first-order valence-corrected chi connectivity index (χ1v) is 9.97. The van der Waals surface area contributed by atoms with Crippen LogP contribution in [0.3, 0.4) is 0 Å². The van der Waals surface area contributed by atoms with E-state index in [0.717, 1.165) is 24.0 Å². The molecule has 1 N–H and O–H groups in total. The number of hydrogen-bond acceptors (Lipinski definition) is 5. The summed E-state index contributed by atoms with van der Waals surface area (Å²) in [5.74, 6) is -0.641. The number of amides is 2. The molecule has 0 saturated carbocycles. The Bertz CT molecular complexity index is 949. The molecule has 8 heteroatoms. The first kappa shape index (κ1) is 20.0. The summed E-state index contributed by atoms with van der Waals surface area (Å²) in [5, 5.41) is 6.85. The number of halogens is 1. The number of nitrogens with zero attached hydrogens (tertiary/aromatic N) is 3. The molecular weight excluding hydrogens is 387 g/mol. The zero-order valence-corrected chi connectivity index (χ0v) is 16.5. The van der Waals surface area contributed by atoms with Gasteiger partial charge >= 0.3 is 0 Å². The van der Waals surface area contributed by atoms with Crippen LogP contribution < -0.4 is 5.32 Å². The van der Waals surface area contributed by atoms with Crippen molar-refractivity contribution in [2.75, 3.05) is 13.1 Å². The van der Waals surface area contributed by atoms with Gasteiger partial charge in [-0.1, -0.05) is 23.4 Å². The molecule has 1 atom stereocenters. The van der Waals surface area contributed by atoms with Crippen molar-refractivity contribution in [1.82, 2.24) is 15.2 Å². The molecule has 4 rings (SSSR count). The van der Waals surface area contributed by atoms with Crippen LogP contribution in [0.5, 0.6) is 0 Å². The van der Waals surface area contributed by atoms with Crippen molar-refractivity contribution >= 4 is 17.5 Å². The highest BCUT2D eigenvalue weighted by atomic mass is 19.1. The van der Waals surface area contributed by atoms with Crippen LogP contribution in [0.1, 0.15) is 30.4 Å². The minimum Gasteiger partial charge on any atom is -0.386 e. The zero-order chi connectivity index (χ0) is 21.0. The van der Waals surface area contributed by atoms with Crippen molar-refractivity contribution in [3.63, 3.8) is 0 Å². The summed E-state index contributed by atoms with van der Waals surface area (Å²) in [6.45, 7) is 1.38. The molecule has 0 aliphatic carbocycles. The summed E-state index contributed by atoms with van der Waals surface area (Å²) < 4.78 is 13.1. The minimum absolute atomic E-state index is 0.0428. The molecule has 2 aliphatic rings. The van der Waals surface area contributed by atoms with E-state index in [9.17, 15) is 14.0 Å². The standard InChI is InChI=1S/C22H23FN4O3/c23-18-6-4-16(5-7-18)11-20(28)27-10-2-8-22(15-27)12-19(26-30-22)21(29)25-14-17-3-1-9-24-13-17/h1,3-7,9,13H,2,8,10-12,14-15H2,(H,25,29)/t22-/m0/s1. The predicted molar refractivity (Wildman–Crippen MR) is 108 cm³/mol. The number of piperidine rings is 1. The zero-order valence-electron chi connectivity index (χ0n) is 16.5. The molecule has 1 spiro atoms. The summed E-state index contributed by atoms with van der Waals surface area (Å²) in [6, 6.07) is 9.63. The third-order valence-corrected chi connectivity index (χ3v) is 5.44. The highest BCUT2D eigenvalue weighted by Gasteiger charge is 2.45. The van der Waals surface area contributed by atoms with Gasteiger partial charge in [0.1, 0.15) is 11.5 Å². The minimum atomic E-state index is -0.655. The van der Waals surface area contributed by atoms with Gasteiger partial charge in [-0.15, -0.1) is 0 Å². The second-order valence-corrected chi connectivity index (χ2v) is 7.76.